The van der Waals surface area contributed by atoms with Crippen molar-refractivity contribution >= 4 is 17.7 Å². The Morgan fingerprint density at radius 3 is 2.45 bits per heavy atom. The lowest BCUT2D eigenvalue weighted by atomic mass is 10.1. The first-order valence-electron chi connectivity index (χ1n) is 9.96. The molecular weight excluding hydrogens is 410 g/mol. The van der Waals surface area contributed by atoms with E-state index in [4.69, 9.17) is 14.4 Å². The van der Waals surface area contributed by atoms with E-state index in [1.165, 1.54) is 11.8 Å². The van der Waals surface area contributed by atoms with Crippen molar-refractivity contribution in [2.75, 3.05) is 5.75 Å². The number of esters is 1. The smallest absolute Gasteiger partial charge is 0.316 e. The zero-order valence-electron chi connectivity index (χ0n) is 17.4. The molecule has 0 radical (unpaired) electrons. The van der Waals surface area contributed by atoms with E-state index in [-0.39, 0.29) is 18.3 Å². The van der Waals surface area contributed by atoms with Gasteiger partial charge >= 0.3 is 5.97 Å². The third-order valence-corrected chi connectivity index (χ3v) is 5.83. The second-order valence-electron chi connectivity index (χ2n) is 7.11. The molecule has 0 fully saturated rings. The first kappa shape index (κ1) is 20.9. The van der Waals surface area contributed by atoms with Crippen molar-refractivity contribution in [3.05, 3.63) is 89.4 Å². The normalized spacial score (nSPS) is 10.9. The molecule has 31 heavy (non-hydrogen) atoms. The van der Waals surface area contributed by atoms with Crippen LogP contribution >= 0.6 is 11.8 Å². The lowest BCUT2D eigenvalue weighted by Gasteiger charge is -2.05. The molecule has 2 aromatic heterocycles. The summed E-state index contributed by atoms with van der Waals surface area (Å²) in [5.41, 5.74) is 5.50. The Balaban J connectivity index is 1.43. The Morgan fingerprint density at radius 1 is 1.06 bits per heavy atom. The molecule has 4 aromatic rings. The van der Waals surface area contributed by atoms with Gasteiger partial charge in [0.1, 0.15) is 12.4 Å². The highest BCUT2D eigenvalue weighted by atomic mass is 32.2. The number of aryl methyl sites for hydroxylation is 2. The summed E-state index contributed by atoms with van der Waals surface area (Å²) in [5, 5.41) is 8.69. The topological polar surface area (TPSA) is 70.2 Å². The van der Waals surface area contributed by atoms with Crippen LogP contribution in [0.1, 0.15) is 22.6 Å². The van der Waals surface area contributed by atoms with Gasteiger partial charge in [0.15, 0.2) is 0 Å². The first-order chi connectivity index (χ1) is 15.1. The summed E-state index contributed by atoms with van der Waals surface area (Å²) in [6, 6.07) is 19.8. The summed E-state index contributed by atoms with van der Waals surface area (Å²) < 4.78 is 12.5. The highest BCUT2D eigenvalue weighted by molar-refractivity contribution is 7.99. The van der Waals surface area contributed by atoms with E-state index < -0.39 is 0 Å². The third kappa shape index (κ3) is 5.06. The molecule has 6 nitrogen and oxygen atoms in total. The lowest BCUT2D eigenvalue weighted by Crippen LogP contribution is -2.08. The number of benzene rings is 2. The van der Waals surface area contributed by atoms with Gasteiger partial charge in [0, 0.05) is 28.6 Å². The summed E-state index contributed by atoms with van der Waals surface area (Å²) in [4.78, 5) is 12.3. The van der Waals surface area contributed by atoms with Gasteiger partial charge in [-0.05, 0) is 26.0 Å². The first-order valence-corrected chi connectivity index (χ1v) is 11.1. The SMILES string of the molecule is Cc1noc(C)c1CSCC(=O)OCc1cn(-c2ccccc2)nc1-c1ccccc1. The molecule has 0 saturated heterocycles. The highest BCUT2D eigenvalue weighted by Gasteiger charge is 2.15. The number of thioether (sulfide) groups is 1. The number of carbonyl (C=O) groups is 1. The van der Waals surface area contributed by atoms with Crippen LogP contribution in [0.4, 0.5) is 0 Å². The molecule has 0 saturated carbocycles. The van der Waals surface area contributed by atoms with E-state index in [0.717, 1.165) is 39.5 Å². The number of ether oxygens (including phenoxy) is 1. The van der Waals surface area contributed by atoms with Crippen molar-refractivity contribution < 1.29 is 14.1 Å². The Morgan fingerprint density at radius 2 is 1.77 bits per heavy atom. The maximum Gasteiger partial charge on any atom is 0.316 e. The van der Waals surface area contributed by atoms with Gasteiger partial charge in [-0.1, -0.05) is 53.7 Å². The van der Waals surface area contributed by atoms with Crippen molar-refractivity contribution in [2.45, 2.75) is 26.2 Å². The molecule has 0 unspecified atom stereocenters. The number of hydrogen-bond acceptors (Lipinski definition) is 6. The molecule has 158 valence electrons. The van der Waals surface area contributed by atoms with Crippen LogP contribution in [-0.2, 0) is 21.9 Å². The molecule has 0 spiro atoms. The standard InChI is InChI=1S/C24H23N3O3S/c1-17-22(18(2)30-26-17)15-31-16-23(28)29-14-20-13-27(21-11-7-4-8-12-21)25-24(20)19-9-5-3-6-10-19/h3-13H,14-16H2,1-2H3. The van der Waals surface area contributed by atoms with Gasteiger partial charge in [0.25, 0.3) is 0 Å². The molecule has 2 aromatic carbocycles. The molecule has 0 N–H and O–H groups in total. The van der Waals surface area contributed by atoms with Crippen molar-refractivity contribution in [3.63, 3.8) is 0 Å². The number of hydrogen-bond donors (Lipinski definition) is 0. The average molecular weight is 434 g/mol. The molecule has 4 rings (SSSR count). The van der Waals surface area contributed by atoms with Crippen LogP contribution in [0.3, 0.4) is 0 Å². The maximum absolute atomic E-state index is 12.3. The zero-order chi connectivity index (χ0) is 21.6. The Labute approximate surface area is 185 Å². The van der Waals surface area contributed by atoms with Gasteiger partial charge in [0.2, 0.25) is 0 Å². The average Bonchev–Trinajstić information content (AvgIpc) is 3.37. The number of para-hydroxylation sites is 1. The molecule has 0 amide bonds. The molecule has 0 aliphatic rings. The maximum atomic E-state index is 12.3. The third-order valence-electron chi connectivity index (χ3n) is 4.89. The van der Waals surface area contributed by atoms with Crippen LogP contribution in [0.2, 0.25) is 0 Å². The van der Waals surface area contributed by atoms with E-state index >= 15 is 0 Å². The van der Waals surface area contributed by atoms with Gasteiger partial charge in [-0.15, -0.1) is 11.8 Å². The summed E-state index contributed by atoms with van der Waals surface area (Å²) in [5.74, 6) is 1.46. The van der Waals surface area contributed by atoms with E-state index in [0.29, 0.717) is 5.75 Å². The fourth-order valence-corrected chi connectivity index (χ4v) is 4.18. The van der Waals surface area contributed by atoms with Crippen LogP contribution < -0.4 is 0 Å². The van der Waals surface area contributed by atoms with Gasteiger partial charge < -0.3 is 9.26 Å². The molecule has 0 aliphatic carbocycles. The predicted octanol–water partition coefficient (Wildman–Crippen LogP) is 5.12. The zero-order valence-corrected chi connectivity index (χ0v) is 18.3. The minimum atomic E-state index is -0.261. The Bertz CT molecular complexity index is 1130. The van der Waals surface area contributed by atoms with Crippen LogP contribution in [0, 0.1) is 13.8 Å². The van der Waals surface area contributed by atoms with E-state index in [1.54, 1.807) is 0 Å². The van der Waals surface area contributed by atoms with E-state index in [2.05, 4.69) is 5.16 Å². The summed E-state index contributed by atoms with van der Waals surface area (Å²) in [7, 11) is 0. The molecule has 0 atom stereocenters. The fraction of sp³-hybridized carbons (Fsp3) is 0.208. The molecular formula is C24H23N3O3S. The lowest BCUT2D eigenvalue weighted by molar-refractivity contribution is -0.141. The minimum absolute atomic E-state index is 0.168. The second kappa shape index (κ2) is 9.66. The molecule has 7 heteroatoms. The number of carbonyl (C=O) groups excluding carboxylic acids is 1. The van der Waals surface area contributed by atoms with E-state index in [1.807, 2.05) is 85.4 Å². The molecule has 2 heterocycles. The quantitative estimate of drug-likeness (QED) is 0.359. The van der Waals surface area contributed by atoms with Crippen molar-refractivity contribution in [1.29, 1.82) is 0 Å². The van der Waals surface area contributed by atoms with Crippen LogP contribution in [0.5, 0.6) is 0 Å². The Kier molecular flexibility index (Phi) is 6.52. The number of aromatic nitrogens is 3. The summed E-state index contributed by atoms with van der Waals surface area (Å²) in [6.07, 6.45) is 1.92. The number of nitrogens with zero attached hydrogens (tertiary/aromatic N) is 3. The van der Waals surface area contributed by atoms with Crippen molar-refractivity contribution in [3.8, 4) is 16.9 Å². The fourth-order valence-electron chi connectivity index (χ4n) is 3.21. The van der Waals surface area contributed by atoms with Gasteiger partial charge in [-0.25, -0.2) is 4.68 Å². The van der Waals surface area contributed by atoms with Crippen LogP contribution in [0.25, 0.3) is 16.9 Å². The van der Waals surface area contributed by atoms with Gasteiger partial charge in [0.05, 0.1) is 22.8 Å². The largest absolute Gasteiger partial charge is 0.460 e. The van der Waals surface area contributed by atoms with Crippen molar-refractivity contribution in [2.24, 2.45) is 0 Å². The monoisotopic (exact) mass is 433 g/mol. The minimum Gasteiger partial charge on any atom is -0.460 e. The predicted molar refractivity (Wildman–Crippen MR) is 121 cm³/mol. The van der Waals surface area contributed by atoms with Gasteiger partial charge in [-0.2, -0.15) is 5.10 Å². The van der Waals surface area contributed by atoms with Crippen LogP contribution in [-0.4, -0.2) is 26.7 Å². The number of rotatable bonds is 8. The van der Waals surface area contributed by atoms with Gasteiger partial charge in [-0.3, -0.25) is 4.79 Å². The molecule has 0 aliphatic heterocycles. The molecule has 0 bridgehead atoms. The van der Waals surface area contributed by atoms with E-state index in [9.17, 15) is 4.79 Å². The highest BCUT2D eigenvalue weighted by Crippen LogP contribution is 2.25. The van der Waals surface area contributed by atoms with Crippen LogP contribution in [0.15, 0.2) is 71.4 Å². The summed E-state index contributed by atoms with van der Waals surface area (Å²) in [6.45, 7) is 3.95. The van der Waals surface area contributed by atoms with Crippen molar-refractivity contribution in [1.82, 2.24) is 14.9 Å². The summed E-state index contributed by atoms with van der Waals surface area (Å²) >= 11 is 1.49. The Hall–Kier alpha value is -3.32. The second-order valence-corrected chi connectivity index (χ2v) is 8.09.